The van der Waals surface area contributed by atoms with E-state index in [0.717, 1.165) is 23.8 Å². The molecule has 0 saturated carbocycles. The van der Waals surface area contributed by atoms with Gasteiger partial charge in [-0.15, -0.1) is 0 Å². The Bertz CT molecular complexity index is 415. The first-order valence-corrected chi connectivity index (χ1v) is 4.90. The molecule has 74 valence electrons. The molecule has 0 fully saturated rings. The van der Waals surface area contributed by atoms with Crippen LogP contribution in [0.1, 0.15) is 18.9 Å². The largest absolute Gasteiger partial charge is 0.464 e. The van der Waals surface area contributed by atoms with Crippen LogP contribution in [0, 0.1) is 0 Å². The summed E-state index contributed by atoms with van der Waals surface area (Å²) in [7, 11) is 0. The van der Waals surface area contributed by atoms with Gasteiger partial charge in [-0.05, 0) is 43.5 Å². The quantitative estimate of drug-likeness (QED) is 0.807. The van der Waals surface area contributed by atoms with Crippen molar-refractivity contribution < 1.29 is 9.52 Å². The Kier molecular flexibility index (Phi) is 2.55. The molecular formula is C12H14O2. The van der Waals surface area contributed by atoms with Crippen LogP contribution in [0.2, 0.25) is 0 Å². The predicted octanol–water partition coefficient (Wildman–Crippen LogP) is 2.75. The Hall–Kier alpha value is -1.28. The number of benzene rings is 1. The van der Waals surface area contributed by atoms with Gasteiger partial charge in [0.25, 0.3) is 0 Å². The first kappa shape index (κ1) is 9.28. The van der Waals surface area contributed by atoms with Crippen molar-refractivity contribution in [1.82, 2.24) is 0 Å². The average molecular weight is 190 g/mol. The highest BCUT2D eigenvalue weighted by Gasteiger charge is 2.00. The molecule has 0 unspecified atom stereocenters. The van der Waals surface area contributed by atoms with Gasteiger partial charge in [0.15, 0.2) is 0 Å². The van der Waals surface area contributed by atoms with Crippen molar-refractivity contribution >= 4 is 11.0 Å². The lowest BCUT2D eigenvalue weighted by Gasteiger charge is -2.03. The van der Waals surface area contributed by atoms with E-state index in [2.05, 4.69) is 6.07 Å². The van der Waals surface area contributed by atoms with Gasteiger partial charge in [-0.25, -0.2) is 0 Å². The second kappa shape index (κ2) is 3.84. The van der Waals surface area contributed by atoms with E-state index in [0.29, 0.717) is 0 Å². The van der Waals surface area contributed by atoms with Gasteiger partial charge in [-0.3, -0.25) is 0 Å². The Morgan fingerprint density at radius 2 is 2.21 bits per heavy atom. The fraction of sp³-hybridized carbons (Fsp3) is 0.333. The first-order chi connectivity index (χ1) is 6.75. The smallest absolute Gasteiger partial charge is 0.133 e. The van der Waals surface area contributed by atoms with E-state index in [9.17, 15) is 0 Å². The number of aryl methyl sites for hydroxylation is 1. The number of furan rings is 1. The average Bonchev–Trinajstić information content (AvgIpc) is 2.61. The second-order valence-corrected chi connectivity index (χ2v) is 3.68. The molecule has 0 radical (unpaired) electrons. The molecular weight excluding hydrogens is 176 g/mol. The number of aliphatic hydroxyl groups excluding tert-OH is 1. The molecule has 0 aliphatic heterocycles. The summed E-state index contributed by atoms with van der Waals surface area (Å²) in [6.07, 6.45) is 3.20. The maximum absolute atomic E-state index is 9.17. The lowest BCUT2D eigenvalue weighted by atomic mass is 10.1. The SMILES string of the molecule is C[C@@H](O)CCc1ccc2occc2c1. The van der Waals surface area contributed by atoms with Crippen molar-refractivity contribution in [3.63, 3.8) is 0 Å². The van der Waals surface area contributed by atoms with Crippen LogP contribution in [0.3, 0.4) is 0 Å². The highest BCUT2D eigenvalue weighted by Crippen LogP contribution is 2.18. The maximum Gasteiger partial charge on any atom is 0.133 e. The van der Waals surface area contributed by atoms with Gasteiger partial charge in [-0.1, -0.05) is 6.07 Å². The highest BCUT2D eigenvalue weighted by atomic mass is 16.3. The summed E-state index contributed by atoms with van der Waals surface area (Å²) in [6.45, 7) is 1.82. The normalized spacial score (nSPS) is 13.3. The summed E-state index contributed by atoms with van der Waals surface area (Å²) in [5, 5.41) is 10.3. The number of rotatable bonds is 3. The summed E-state index contributed by atoms with van der Waals surface area (Å²) in [5.74, 6) is 0. The fourth-order valence-corrected chi connectivity index (χ4v) is 1.55. The molecule has 2 heteroatoms. The number of aliphatic hydroxyl groups is 1. The van der Waals surface area contributed by atoms with Crippen LogP contribution in [0.15, 0.2) is 34.9 Å². The summed E-state index contributed by atoms with van der Waals surface area (Å²) in [5.41, 5.74) is 2.17. The molecule has 0 spiro atoms. The fourth-order valence-electron chi connectivity index (χ4n) is 1.55. The minimum absolute atomic E-state index is 0.227. The highest BCUT2D eigenvalue weighted by molar-refractivity contribution is 5.77. The summed E-state index contributed by atoms with van der Waals surface area (Å²) in [4.78, 5) is 0. The molecule has 14 heavy (non-hydrogen) atoms. The van der Waals surface area contributed by atoms with Gasteiger partial charge in [0.1, 0.15) is 5.58 Å². The van der Waals surface area contributed by atoms with Gasteiger partial charge < -0.3 is 9.52 Å². The van der Waals surface area contributed by atoms with E-state index in [1.54, 1.807) is 6.26 Å². The molecule has 0 bridgehead atoms. The standard InChI is InChI=1S/C12H14O2/c1-9(13)2-3-10-4-5-12-11(8-10)6-7-14-12/h4-9,13H,2-3H2,1H3/t9-/m1/s1. The molecule has 2 aromatic rings. The van der Waals surface area contributed by atoms with Crippen LogP contribution in [0.4, 0.5) is 0 Å². The van der Waals surface area contributed by atoms with E-state index in [-0.39, 0.29) is 6.10 Å². The van der Waals surface area contributed by atoms with Crippen LogP contribution < -0.4 is 0 Å². The Morgan fingerprint density at radius 1 is 1.36 bits per heavy atom. The van der Waals surface area contributed by atoms with E-state index < -0.39 is 0 Å². The lowest BCUT2D eigenvalue weighted by Crippen LogP contribution is -2.01. The minimum Gasteiger partial charge on any atom is -0.464 e. The van der Waals surface area contributed by atoms with Crippen LogP contribution in [0.25, 0.3) is 11.0 Å². The van der Waals surface area contributed by atoms with Gasteiger partial charge >= 0.3 is 0 Å². The third kappa shape index (κ3) is 1.96. The monoisotopic (exact) mass is 190 g/mol. The van der Waals surface area contributed by atoms with Gasteiger partial charge in [0.05, 0.1) is 12.4 Å². The van der Waals surface area contributed by atoms with Crippen LogP contribution in [-0.2, 0) is 6.42 Å². The molecule has 0 saturated heterocycles. The van der Waals surface area contributed by atoms with Gasteiger partial charge in [-0.2, -0.15) is 0 Å². The van der Waals surface area contributed by atoms with Crippen LogP contribution in [0.5, 0.6) is 0 Å². The zero-order chi connectivity index (χ0) is 9.97. The Labute approximate surface area is 83.2 Å². The predicted molar refractivity (Wildman–Crippen MR) is 56.2 cm³/mol. The molecule has 1 aromatic carbocycles. The van der Waals surface area contributed by atoms with E-state index in [1.807, 2.05) is 25.1 Å². The minimum atomic E-state index is -0.227. The van der Waals surface area contributed by atoms with Crippen molar-refractivity contribution in [2.24, 2.45) is 0 Å². The number of fused-ring (bicyclic) bond motifs is 1. The summed E-state index contributed by atoms with van der Waals surface area (Å²) in [6, 6.07) is 8.10. The van der Waals surface area contributed by atoms with Gasteiger partial charge in [0, 0.05) is 5.39 Å². The van der Waals surface area contributed by atoms with Crippen LogP contribution >= 0.6 is 0 Å². The van der Waals surface area contributed by atoms with Crippen molar-refractivity contribution in [2.45, 2.75) is 25.9 Å². The van der Waals surface area contributed by atoms with E-state index in [4.69, 9.17) is 9.52 Å². The molecule has 1 atom stereocenters. The van der Waals surface area contributed by atoms with E-state index >= 15 is 0 Å². The second-order valence-electron chi connectivity index (χ2n) is 3.68. The molecule has 1 aromatic heterocycles. The summed E-state index contributed by atoms with van der Waals surface area (Å²) >= 11 is 0. The summed E-state index contributed by atoms with van der Waals surface area (Å²) < 4.78 is 5.25. The maximum atomic E-state index is 9.17. The number of hydrogen-bond donors (Lipinski definition) is 1. The zero-order valence-electron chi connectivity index (χ0n) is 8.23. The lowest BCUT2D eigenvalue weighted by molar-refractivity contribution is 0.185. The molecule has 1 N–H and O–H groups in total. The molecule has 1 heterocycles. The number of hydrogen-bond acceptors (Lipinski definition) is 2. The van der Waals surface area contributed by atoms with E-state index in [1.165, 1.54) is 5.56 Å². The van der Waals surface area contributed by atoms with Crippen LogP contribution in [-0.4, -0.2) is 11.2 Å². The van der Waals surface area contributed by atoms with Crippen molar-refractivity contribution in [3.8, 4) is 0 Å². The molecule has 2 rings (SSSR count). The molecule has 0 aliphatic carbocycles. The Balaban J connectivity index is 2.17. The third-order valence-corrected chi connectivity index (χ3v) is 2.37. The molecule has 0 amide bonds. The van der Waals surface area contributed by atoms with Crippen molar-refractivity contribution in [3.05, 3.63) is 36.1 Å². The van der Waals surface area contributed by atoms with Crippen molar-refractivity contribution in [2.75, 3.05) is 0 Å². The Morgan fingerprint density at radius 3 is 3.00 bits per heavy atom. The molecule has 0 aliphatic rings. The third-order valence-electron chi connectivity index (χ3n) is 2.37. The zero-order valence-corrected chi connectivity index (χ0v) is 8.23. The first-order valence-electron chi connectivity index (χ1n) is 4.90. The van der Waals surface area contributed by atoms with Gasteiger partial charge in [0.2, 0.25) is 0 Å². The van der Waals surface area contributed by atoms with Crippen molar-refractivity contribution in [1.29, 1.82) is 0 Å². The molecule has 2 nitrogen and oxygen atoms in total. The topological polar surface area (TPSA) is 33.4 Å².